The van der Waals surface area contributed by atoms with Crippen molar-refractivity contribution < 1.29 is 0 Å². The number of benzene rings is 1. The maximum absolute atomic E-state index is 4.49. The lowest BCUT2D eigenvalue weighted by Crippen LogP contribution is -2.16. The predicted molar refractivity (Wildman–Crippen MR) is 72.5 cm³/mol. The number of H-pyrrole nitrogens is 1. The highest BCUT2D eigenvalue weighted by atomic mass is 15.1. The minimum atomic E-state index is 0.865. The summed E-state index contributed by atoms with van der Waals surface area (Å²) >= 11 is 0. The van der Waals surface area contributed by atoms with Crippen molar-refractivity contribution in [2.45, 2.75) is 13.3 Å². The first-order chi connectivity index (χ1) is 8.15. The Morgan fingerprint density at radius 1 is 1.35 bits per heavy atom. The van der Waals surface area contributed by atoms with Gasteiger partial charge in [0.25, 0.3) is 0 Å². The first-order valence-electron chi connectivity index (χ1n) is 6.00. The third-order valence-corrected chi connectivity index (χ3v) is 2.71. The number of aromatic nitrogens is 2. The third-order valence-electron chi connectivity index (χ3n) is 2.71. The van der Waals surface area contributed by atoms with E-state index in [9.17, 15) is 0 Å². The standard InChI is InChI=1S/C13H20N4/c1-10-5-6-11-12(9-10)16-13(15-11)14-7-4-8-17(2)3/h5-6,9H,4,7-8H2,1-3H3,(H2,14,15,16). The quantitative estimate of drug-likeness (QED) is 0.777. The van der Waals surface area contributed by atoms with Crippen molar-refractivity contribution in [1.29, 1.82) is 0 Å². The molecule has 0 amide bonds. The molecule has 2 rings (SSSR count). The summed E-state index contributed by atoms with van der Waals surface area (Å²) in [5.41, 5.74) is 3.37. The van der Waals surface area contributed by atoms with Crippen molar-refractivity contribution in [1.82, 2.24) is 14.9 Å². The molecule has 0 atom stereocenters. The van der Waals surface area contributed by atoms with Crippen LogP contribution in [0.15, 0.2) is 18.2 Å². The van der Waals surface area contributed by atoms with Gasteiger partial charge in [0.2, 0.25) is 5.95 Å². The second kappa shape index (κ2) is 5.19. The molecule has 0 saturated heterocycles. The van der Waals surface area contributed by atoms with Gasteiger partial charge in [0.1, 0.15) is 0 Å². The summed E-state index contributed by atoms with van der Waals surface area (Å²) in [5, 5.41) is 3.32. The van der Waals surface area contributed by atoms with E-state index in [4.69, 9.17) is 0 Å². The van der Waals surface area contributed by atoms with E-state index in [1.807, 2.05) is 6.07 Å². The van der Waals surface area contributed by atoms with Crippen LogP contribution in [-0.2, 0) is 0 Å². The molecule has 0 aliphatic rings. The largest absolute Gasteiger partial charge is 0.356 e. The average Bonchev–Trinajstić information content (AvgIpc) is 2.66. The van der Waals surface area contributed by atoms with Crippen molar-refractivity contribution in [3.05, 3.63) is 23.8 Å². The molecule has 4 heteroatoms. The van der Waals surface area contributed by atoms with Crippen molar-refractivity contribution >= 4 is 17.0 Å². The summed E-state index contributed by atoms with van der Waals surface area (Å²) in [4.78, 5) is 9.96. The number of aryl methyl sites for hydroxylation is 1. The monoisotopic (exact) mass is 232 g/mol. The van der Waals surface area contributed by atoms with Crippen LogP contribution in [-0.4, -0.2) is 42.1 Å². The van der Waals surface area contributed by atoms with E-state index in [0.717, 1.165) is 36.5 Å². The molecular formula is C13H20N4. The minimum absolute atomic E-state index is 0.865. The molecule has 0 aliphatic heterocycles. The molecule has 0 radical (unpaired) electrons. The van der Waals surface area contributed by atoms with Crippen molar-refractivity contribution in [3.8, 4) is 0 Å². The molecular weight excluding hydrogens is 212 g/mol. The van der Waals surface area contributed by atoms with Gasteiger partial charge in [-0.05, 0) is 51.7 Å². The maximum atomic E-state index is 4.49. The van der Waals surface area contributed by atoms with Crippen LogP contribution in [0.1, 0.15) is 12.0 Å². The molecule has 1 aromatic heterocycles. The maximum Gasteiger partial charge on any atom is 0.201 e. The lowest BCUT2D eigenvalue weighted by atomic mass is 10.2. The lowest BCUT2D eigenvalue weighted by molar-refractivity contribution is 0.405. The van der Waals surface area contributed by atoms with Crippen molar-refractivity contribution in [3.63, 3.8) is 0 Å². The number of nitrogens with zero attached hydrogens (tertiary/aromatic N) is 2. The Bertz CT molecular complexity index is 487. The Labute approximate surface area is 102 Å². The van der Waals surface area contributed by atoms with Gasteiger partial charge in [0.05, 0.1) is 11.0 Å². The summed E-state index contributed by atoms with van der Waals surface area (Å²) in [6.07, 6.45) is 1.11. The van der Waals surface area contributed by atoms with Crippen molar-refractivity contribution in [2.75, 3.05) is 32.5 Å². The molecule has 0 unspecified atom stereocenters. The third kappa shape index (κ3) is 3.20. The number of hydrogen-bond donors (Lipinski definition) is 2. The number of hydrogen-bond acceptors (Lipinski definition) is 3. The Morgan fingerprint density at radius 3 is 2.94 bits per heavy atom. The van der Waals surface area contributed by atoms with Crippen LogP contribution < -0.4 is 5.32 Å². The van der Waals surface area contributed by atoms with E-state index < -0.39 is 0 Å². The molecule has 1 aromatic carbocycles. The van der Waals surface area contributed by atoms with Gasteiger partial charge >= 0.3 is 0 Å². The lowest BCUT2D eigenvalue weighted by Gasteiger charge is -2.08. The first-order valence-corrected chi connectivity index (χ1v) is 6.00. The highest BCUT2D eigenvalue weighted by Gasteiger charge is 2.01. The fourth-order valence-electron chi connectivity index (χ4n) is 1.81. The van der Waals surface area contributed by atoms with E-state index >= 15 is 0 Å². The topological polar surface area (TPSA) is 44.0 Å². The molecule has 1 heterocycles. The summed E-state index contributed by atoms with van der Waals surface area (Å²) in [6, 6.07) is 6.25. The van der Waals surface area contributed by atoms with Gasteiger partial charge in [-0.1, -0.05) is 6.07 Å². The zero-order valence-electron chi connectivity index (χ0n) is 10.7. The Hall–Kier alpha value is -1.55. The van der Waals surface area contributed by atoms with E-state index in [0.29, 0.717) is 0 Å². The van der Waals surface area contributed by atoms with Crippen LogP contribution >= 0.6 is 0 Å². The van der Waals surface area contributed by atoms with Crippen LogP contribution in [0.4, 0.5) is 5.95 Å². The van der Waals surface area contributed by atoms with Gasteiger partial charge in [-0.2, -0.15) is 0 Å². The molecule has 0 saturated carbocycles. The Balaban J connectivity index is 1.95. The number of fused-ring (bicyclic) bond motifs is 1. The first kappa shape index (κ1) is 11.9. The molecule has 0 aliphatic carbocycles. The SMILES string of the molecule is Cc1ccc2nc(NCCCN(C)C)[nH]c2c1. The summed E-state index contributed by atoms with van der Waals surface area (Å²) < 4.78 is 0. The summed E-state index contributed by atoms with van der Waals surface area (Å²) in [5.74, 6) is 0.865. The second-order valence-corrected chi connectivity index (χ2v) is 4.69. The predicted octanol–water partition coefficient (Wildman–Crippen LogP) is 2.23. The number of anilines is 1. The fraction of sp³-hybridized carbons (Fsp3) is 0.462. The van der Waals surface area contributed by atoms with Crippen LogP contribution in [0.2, 0.25) is 0 Å². The smallest absolute Gasteiger partial charge is 0.201 e. The Kier molecular flexibility index (Phi) is 3.64. The van der Waals surface area contributed by atoms with E-state index in [2.05, 4.69) is 53.3 Å². The second-order valence-electron chi connectivity index (χ2n) is 4.69. The van der Waals surface area contributed by atoms with Gasteiger partial charge in [-0.3, -0.25) is 0 Å². The molecule has 4 nitrogen and oxygen atoms in total. The highest BCUT2D eigenvalue weighted by molar-refractivity contribution is 5.78. The van der Waals surface area contributed by atoms with E-state index in [-0.39, 0.29) is 0 Å². The summed E-state index contributed by atoms with van der Waals surface area (Å²) in [6.45, 7) is 4.12. The summed E-state index contributed by atoms with van der Waals surface area (Å²) in [7, 11) is 4.17. The van der Waals surface area contributed by atoms with Crippen molar-refractivity contribution in [2.24, 2.45) is 0 Å². The van der Waals surface area contributed by atoms with E-state index in [1.165, 1.54) is 5.56 Å². The van der Waals surface area contributed by atoms with Crippen LogP contribution in [0.25, 0.3) is 11.0 Å². The van der Waals surface area contributed by atoms with Gasteiger partial charge in [-0.15, -0.1) is 0 Å². The number of rotatable bonds is 5. The number of nitrogens with one attached hydrogen (secondary N) is 2. The Morgan fingerprint density at radius 2 is 2.18 bits per heavy atom. The molecule has 0 fully saturated rings. The van der Waals surface area contributed by atoms with Gasteiger partial charge in [-0.25, -0.2) is 4.98 Å². The molecule has 92 valence electrons. The molecule has 0 bridgehead atoms. The van der Waals surface area contributed by atoms with Gasteiger partial charge < -0.3 is 15.2 Å². The minimum Gasteiger partial charge on any atom is -0.356 e. The zero-order chi connectivity index (χ0) is 12.3. The zero-order valence-corrected chi connectivity index (χ0v) is 10.7. The van der Waals surface area contributed by atoms with Crippen LogP contribution in [0.5, 0.6) is 0 Å². The molecule has 17 heavy (non-hydrogen) atoms. The van der Waals surface area contributed by atoms with Gasteiger partial charge in [0, 0.05) is 6.54 Å². The highest BCUT2D eigenvalue weighted by Crippen LogP contribution is 2.15. The normalized spacial score (nSPS) is 11.3. The number of imidazole rings is 1. The van der Waals surface area contributed by atoms with Crippen LogP contribution in [0, 0.1) is 6.92 Å². The molecule has 0 spiro atoms. The van der Waals surface area contributed by atoms with E-state index in [1.54, 1.807) is 0 Å². The number of aromatic amines is 1. The molecule has 2 aromatic rings. The van der Waals surface area contributed by atoms with Gasteiger partial charge in [0.15, 0.2) is 0 Å². The van der Waals surface area contributed by atoms with Crippen LogP contribution in [0.3, 0.4) is 0 Å². The molecule has 2 N–H and O–H groups in total. The average molecular weight is 232 g/mol. The fourth-order valence-corrected chi connectivity index (χ4v) is 1.81.